The standard InChI is InChI=1S/C18H22N8S/c1-12-16(27-18(19-2)23-12)14-5-6-21-17(24-14)25-15-4-3-13(11-22-15)26-9-7-20-8-10-26/h3-6,11,20H,7-10H2,1-2H3,(H,19,23)(H,21,22,24,25). The minimum atomic E-state index is 0.522. The Balaban J connectivity index is 1.50. The molecule has 0 radical (unpaired) electrons. The molecule has 8 nitrogen and oxygen atoms in total. The van der Waals surface area contributed by atoms with E-state index in [0.29, 0.717) is 5.95 Å². The topological polar surface area (TPSA) is 90.9 Å². The first-order valence-corrected chi connectivity index (χ1v) is 9.72. The third-order valence-corrected chi connectivity index (χ3v) is 5.57. The van der Waals surface area contributed by atoms with E-state index < -0.39 is 0 Å². The van der Waals surface area contributed by atoms with E-state index in [1.807, 2.05) is 32.3 Å². The molecule has 3 N–H and O–H groups in total. The van der Waals surface area contributed by atoms with Gasteiger partial charge in [-0.25, -0.2) is 19.9 Å². The van der Waals surface area contributed by atoms with Gasteiger partial charge in [0.25, 0.3) is 0 Å². The molecule has 0 saturated carbocycles. The zero-order chi connectivity index (χ0) is 18.6. The molecule has 4 rings (SSSR count). The molecule has 0 atom stereocenters. The van der Waals surface area contributed by atoms with Gasteiger partial charge in [-0.2, -0.15) is 0 Å². The van der Waals surface area contributed by atoms with E-state index >= 15 is 0 Å². The van der Waals surface area contributed by atoms with Crippen LogP contribution in [0.2, 0.25) is 0 Å². The molecule has 0 unspecified atom stereocenters. The first kappa shape index (κ1) is 17.6. The highest BCUT2D eigenvalue weighted by atomic mass is 32.1. The molecule has 1 fully saturated rings. The first-order chi connectivity index (χ1) is 13.2. The first-order valence-electron chi connectivity index (χ1n) is 8.90. The molecule has 0 aromatic carbocycles. The Bertz CT molecular complexity index is 902. The number of hydrogen-bond acceptors (Lipinski definition) is 9. The van der Waals surface area contributed by atoms with Gasteiger partial charge in [0.15, 0.2) is 5.13 Å². The number of aryl methyl sites for hydroxylation is 1. The number of piperazine rings is 1. The maximum atomic E-state index is 4.62. The van der Waals surface area contributed by atoms with Crippen LogP contribution in [0.15, 0.2) is 30.6 Å². The van der Waals surface area contributed by atoms with Gasteiger partial charge in [-0.15, -0.1) is 0 Å². The molecule has 0 spiro atoms. The predicted molar refractivity (Wildman–Crippen MR) is 110 cm³/mol. The third-order valence-electron chi connectivity index (χ3n) is 4.37. The highest BCUT2D eigenvalue weighted by molar-refractivity contribution is 7.19. The minimum Gasteiger partial charge on any atom is -0.368 e. The second-order valence-electron chi connectivity index (χ2n) is 6.21. The van der Waals surface area contributed by atoms with Gasteiger partial charge in [-0.05, 0) is 25.1 Å². The van der Waals surface area contributed by atoms with E-state index in [2.05, 4.69) is 46.9 Å². The van der Waals surface area contributed by atoms with Gasteiger partial charge >= 0.3 is 0 Å². The highest BCUT2D eigenvalue weighted by Gasteiger charge is 2.13. The number of nitrogens with one attached hydrogen (secondary N) is 3. The second kappa shape index (κ2) is 7.85. The van der Waals surface area contributed by atoms with Crippen LogP contribution in [0.25, 0.3) is 10.6 Å². The SMILES string of the molecule is CNc1nc(C)c(-c2ccnc(Nc3ccc(N4CCNCC4)cn3)n2)s1. The fraction of sp³-hybridized carbons (Fsp3) is 0.333. The van der Waals surface area contributed by atoms with E-state index in [1.165, 1.54) is 0 Å². The van der Waals surface area contributed by atoms with Gasteiger partial charge in [0.1, 0.15) is 5.82 Å². The van der Waals surface area contributed by atoms with E-state index in [0.717, 1.165) is 59.1 Å². The van der Waals surface area contributed by atoms with Gasteiger partial charge in [0, 0.05) is 39.4 Å². The fourth-order valence-electron chi connectivity index (χ4n) is 2.97. The van der Waals surface area contributed by atoms with Crippen molar-refractivity contribution in [2.45, 2.75) is 6.92 Å². The molecule has 4 heterocycles. The van der Waals surface area contributed by atoms with Crippen molar-refractivity contribution in [2.75, 3.05) is 48.8 Å². The number of pyridine rings is 1. The number of nitrogens with zero attached hydrogens (tertiary/aromatic N) is 5. The lowest BCUT2D eigenvalue weighted by Crippen LogP contribution is -2.43. The smallest absolute Gasteiger partial charge is 0.228 e. The molecular formula is C18H22N8S. The zero-order valence-electron chi connectivity index (χ0n) is 15.4. The zero-order valence-corrected chi connectivity index (χ0v) is 16.2. The van der Waals surface area contributed by atoms with Gasteiger partial charge in [-0.3, -0.25) is 0 Å². The van der Waals surface area contributed by atoms with Gasteiger partial charge < -0.3 is 20.9 Å². The Kier molecular flexibility index (Phi) is 5.12. The summed E-state index contributed by atoms with van der Waals surface area (Å²) in [6, 6.07) is 5.94. The number of thiazole rings is 1. The highest BCUT2D eigenvalue weighted by Crippen LogP contribution is 2.31. The molecule has 0 aliphatic carbocycles. The van der Waals surface area contributed by atoms with Crippen molar-refractivity contribution >= 4 is 33.9 Å². The quantitative estimate of drug-likeness (QED) is 0.620. The lowest BCUT2D eigenvalue weighted by Gasteiger charge is -2.29. The van der Waals surface area contributed by atoms with Crippen molar-refractivity contribution < 1.29 is 0 Å². The number of hydrogen-bond donors (Lipinski definition) is 3. The molecule has 3 aromatic heterocycles. The monoisotopic (exact) mass is 382 g/mol. The molecule has 9 heteroatoms. The maximum absolute atomic E-state index is 4.62. The summed E-state index contributed by atoms with van der Waals surface area (Å²) in [5.74, 6) is 1.25. The van der Waals surface area contributed by atoms with Crippen molar-refractivity contribution in [1.29, 1.82) is 0 Å². The molecule has 27 heavy (non-hydrogen) atoms. The Morgan fingerprint density at radius 1 is 1.11 bits per heavy atom. The summed E-state index contributed by atoms with van der Waals surface area (Å²) >= 11 is 1.58. The van der Waals surface area contributed by atoms with Crippen LogP contribution in [0.3, 0.4) is 0 Å². The van der Waals surface area contributed by atoms with Gasteiger partial charge in [0.2, 0.25) is 5.95 Å². The van der Waals surface area contributed by atoms with Crippen molar-refractivity contribution in [3.63, 3.8) is 0 Å². The molecule has 0 amide bonds. The molecular weight excluding hydrogens is 360 g/mol. The Hall–Kier alpha value is -2.78. The van der Waals surface area contributed by atoms with E-state index in [4.69, 9.17) is 0 Å². The van der Waals surface area contributed by atoms with E-state index in [-0.39, 0.29) is 0 Å². The number of rotatable bonds is 5. The van der Waals surface area contributed by atoms with Crippen LogP contribution in [0.5, 0.6) is 0 Å². The van der Waals surface area contributed by atoms with Crippen LogP contribution in [0, 0.1) is 6.92 Å². The summed E-state index contributed by atoms with van der Waals surface area (Å²) in [7, 11) is 1.87. The Morgan fingerprint density at radius 3 is 2.67 bits per heavy atom. The molecule has 140 valence electrons. The van der Waals surface area contributed by atoms with Crippen LogP contribution in [-0.2, 0) is 0 Å². The number of anilines is 4. The van der Waals surface area contributed by atoms with E-state index in [9.17, 15) is 0 Å². The summed E-state index contributed by atoms with van der Waals surface area (Å²) in [5.41, 5.74) is 2.94. The largest absolute Gasteiger partial charge is 0.368 e. The Labute approximate surface area is 162 Å². The van der Waals surface area contributed by atoms with Crippen LogP contribution >= 0.6 is 11.3 Å². The van der Waals surface area contributed by atoms with Crippen LogP contribution in [0.4, 0.5) is 22.6 Å². The van der Waals surface area contributed by atoms with Gasteiger partial charge in [-0.1, -0.05) is 11.3 Å². The summed E-state index contributed by atoms with van der Waals surface area (Å²) < 4.78 is 0. The fourth-order valence-corrected chi connectivity index (χ4v) is 3.86. The van der Waals surface area contributed by atoms with Crippen LogP contribution in [0.1, 0.15) is 5.69 Å². The lowest BCUT2D eigenvalue weighted by atomic mass is 10.3. The van der Waals surface area contributed by atoms with Crippen molar-refractivity contribution in [3.8, 4) is 10.6 Å². The van der Waals surface area contributed by atoms with Crippen LogP contribution in [-0.4, -0.2) is 53.2 Å². The second-order valence-corrected chi connectivity index (χ2v) is 7.21. The average Bonchev–Trinajstić information content (AvgIpc) is 3.10. The van der Waals surface area contributed by atoms with E-state index in [1.54, 1.807) is 17.5 Å². The molecule has 1 aliphatic heterocycles. The van der Waals surface area contributed by atoms with Crippen molar-refractivity contribution in [3.05, 3.63) is 36.3 Å². The normalized spacial score (nSPS) is 14.2. The predicted octanol–water partition coefficient (Wildman–Crippen LogP) is 2.50. The summed E-state index contributed by atoms with van der Waals surface area (Å²) in [6.07, 6.45) is 3.64. The molecule has 0 bridgehead atoms. The Morgan fingerprint density at radius 2 is 1.96 bits per heavy atom. The van der Waals surface area contributed by atoms with Crippen molar-refractivity contribution in [1.82, 2.24) is 25.3 Å². The molecule has 1 aliphatic rings. The van der Waals surface area contributed by atoms with Crippen LogP contribution < -0.4 is 20.9 Å². The maximum Gasteiger partial charge on any atom is 0.228 e. The molecule has 1 saturated heterocycles. The van der Waals surface area contributed by atoms with Crippen molar-refractivity contribution in [2.24, 2.45) is 0 Å². The summed E-state index contributed by atoms with van der Waals surface area (Å²) in [5, 5.41) is 10.5. The third kappa shape index (κ3) is 3.99. The summed E-state index contributed by atoms with van der Waals surface area (Å²) in [6.45, 7) is 6.00. The molecule has 3 aromatic rings. The average molecular weight is 382 g/mol. The number of aromatic nitrogens is 4. The lowest BCUT2D eigenvalue weighted by molar-refractivity contribution is 0.589. The minimum absolute atomic E-state index is 0.522. The van der Waals surface area contributed by atoms with Gasteiger partial charge in [0.05, 0.1) is 28.1 Å². The summed E-state index contributed by atoms with van der Waals surface area (Å²) in [4.78, 5) is 21.3.